The van der Waals surface area contributed by atoms with Gasteiger partial charge in [0.2, 0.25) is 15.9 Å². The lowest BCUT2D eigenvalue weighted by molar-refractivity contribution is -0.121. The number of amides is 1. The zero-order valence-corrected chi connectivity index (χ0v) is 18.9. The molecule has 2 fully saturated rings. The van der Waals surface area contributed by atoms with Crippen LogP contribution in [0.2, 0.25) is 0 Å². The molecule has 8 nitrogen and oxygen atoms in total. The van der Waals surface area contributed by atoms with E-state index in [9.17, 15) is 13.2 Å². The Morgan fingerprint density at radius 1 is 1.23 bits per heavy atom. The number of anilines is 1. The second-order valence-electron chi connectivity index (χ2n) is 7.85. The van der Waals surface area contributed by atoms with E-state index in [0.29, 0.717) is 44.2 Å². The summed E-state index contributed by atoms with van der Waals surface area (Å²) in [5.74, 6) is -0.136. The van der Waals surface area contributed by atoms with Gasteiger partial charge < -0.3 is 14.8 Å². The smallest absolute Gasteiger partial charge is 0.243 e. The van der Waals surface area contributed by atoms with E-state index in [1.807, 2.05) is 13.8 Å². The van der Waals surface area contributed by atoms with Crippen molar-refractivity contribution in [2.45, 2.75) is 50.7 Å². The molecule has 0 spiro atoms. The van der Waals surface area contributed by atoms with Gasteiger partial charge in [-0.25, -0.2) is 8.42 Å². The van der Waals surface area contributed by atoms with Gasteiger partial charge in [-0.3, -0.25) is 9.69 Å². The SMILES string of the molecule is CCOC1CCN(C(C)C(=O)Nc2ccc(C)c(S(=O)(=O)N3CCOCC3)c2)CC1. The number of hydrogen-bond donors (Lipinski definition) is 1. The first-order valence-corrected chi connectivity index (χ1v) is 12.1. The highest BCUT2D eigenvalue weighted by Gasteiger charge is 2.29. The number of morpholine rings is 1. The molecule has 1 aromatic carbocycles. The molecule has 1 atom stereocenters. The van der Waals surface area contributed by atoms with Crippen molar-refractivity contribution < 1.29 is 22.7 Å². The van der Waals surface area contributed by atoms with E-state index in [4.69, 9.17) is 9.47 Å². The number of aryl methyl sites for hydroxylation is 1. The fourth-order valence-corrected chi connectivity index (χ4v) is 5.62. The summed E-state index contributed by atoms with van der Waals surface area (Å²) in [6, 6.07) is 4.75. The molecule has 2 saturated heterocycles. The van der Waals surface area contributed by atoms with Gasteiger partial charge in [0.05, 0.1) is 30.3 Å². The molecule has 168 valence electrons. The summed E-state index contributed by atoms with van der Waals surface area (Å²) in [4.78, 5) is 15.2. The van der Waals surface area contributed by atoms with Crippen molar-refractivity contribution in [1.29, 1.82) is 0 Å². The maximum Gasteiger partial charge on any atom is 0.243 e. The molecule has 1 unspecified atom stereocenters. The Morgan fingerprint density at radius 3 is 2.53 bits per heavy atom. The summed E-state index contributed by atoms with van der Waals surface area (Å²) in [5, 5.41) is 2.90. The maximum atomic E-state index is 13.0. The molecule has 0 aliphatic carbocycles. The number of nitrogens with zero attached hydrogens (tertiary/aromatic N) is 2. The Labute approximate surface area is 179 Å². The molecule has 2 heterocycles. The van der Waals surface area contributed by atoms with Crippen molar-refractivity contribution in [3.8, 4) is 0 Å². The van der Waals surface area contributed by atoms with Gasteiger partial charge in [0, 0.05) is 38.5 Å². The molecule has 9 heteroatoms. The highest BCUT2D eigenvalue weighted by molar-refractivity contribution is 7.89. The van der Waals surface area contributed by atoms with Crippen LogP contribution in [0.1, 0.15) is 32.3 Å². The molecule has 1 N–H and O–H groups in total. The summed E-state index contributed by atoms with van der Waals surface area (Å²) < 4.78 is 38.5. The van der Waals surface area contributed by atoms with Crippen molar-refractivity contribution in [1.82, 2.24) is 9.21 Å². The molecule has 0 bridgehead atoms. The lowest BCUT2D eigenvalue weighted by Crippen LogP contribution is -2.47. The first-order valence-electron chi connectivity index (χ1n) is 10.7. The standard InChI is InChI=1S/C21H33N3O5S/c1-4-29-19-7-9-23(10-8-19)17(3)21(25)22-18-6-5-16(2)20(15-18)30(26,27)24-11-13-28-14-12-24/h5-6,15,17,19H,4,7-14H2,1-3H3,(H,22,25). The minimum absolute atomic E-state index is 0.136. The van der Waals surface area contributed by atoms with Crippen molar-refractivity contribution in [2.75, 3.05) is 51.3 Å². The summed E-state index contributed by atoms with van der Waals surface area (Å²) in [6.45, 7) is 9.45. The molecule has 0 radical (unpaired) electrons. The fraction of sp³-hybridized carbons (Fsp3) is 0.667. The van der Waals surface area contributed by atoms with Gasteiger partial charge in [-0.05, 0) is 51.3 Å². The van der Waals surface area contributed by atoms with Crippen molar-refractivity contribution in [3.63, 3.8) is 0 Å². The minimum Gasteiger partial charge on any atom is -0.379 e. The number of sulfonamides is 1. The average molecular weight is 440 g/mol. The first-order chi connectivity index (χ1) is 14.3. The van der Waals surface area contributed by atoms with E-state index in [0.717, 1.165) is 25.9 Å². The zero-order valence-electron chi connectivity index (χ0n) is 18.1. The predicted molar refractivity (Wildman–Crippen MR) is 115 cm³/mol. The van der Waals surface area contributed by atoms with Crippen LogP contribution in [0, 0.1) is 6.92 Å². The summed E-state index contributed by atoms with van der Waals surface area (Å²) in [7, 11) is -3.63. The van der Waals surface area contributed by atoms with E-state index < -0.39 is 10.0 Å². The minimum atomic E-state index is -3.63. The highest BCUT2D eigenvalue weighted by atomic mass is 32.2. The average Bonchev–Trinajstić information content (AvgIpc) is 2.76. The Bertz CT molecular complexity index is 831. The largest absolute Gasteiger partial charge is 0.379 e. The Balaban J connectivity index is 1.67. The number of ether oxygens (including phenoxy) is 2. The van der Waals surface area contributed by atoms with Gasteiger partial charge in [0.25, 0.3) is 0 Å². The van der Waals surface area contributed by atoms with Crippen LogP contribution in [0.4, 0.5) is 5.69 Å². The highest BCUT2D eigenvalue weighted by Crippen LogP contribution is 2.25. The third-order valence-corrected chi connectivity index (χ3v) is 7.89. The third kappa shape index (κ3) is 5.39. The van der Waals surface area contributed by atoms with Gasteiger partial charge in [-0.15, -0.1) is 0 Å². The van der Waals surface area contributed by atoms with Crippen LogP contribution in [-0.2, 0) is 24.3 Å². The molecule has 2 aliphatic rings. The lowest BCUT2D eigenvalue weighted by atomic mass is 10.1. The molecular formula is C21H33N3O5S. The van der Waals surface area contributed by atoms with Crippen LogP contribution in [0.3, 0.4) is 0 Å². The summed E-state index contributed by atoms with van der Waals surface area (Å²) >= 11 is 0. The third-order valence-electron chi connectivity index (χ3n) is 5.85. The van der Waals surface area contributed by atoms with Crippen LogP contribution in [-0.4, -0.2) is 81.7 Å². The monoisotopic (exact) mass is 439 g/mol. The number of benzene rings is 1. The van der Waals surface area contributed by atoms with E-state index in [2.05, 4.69) is 10.2 Å². The van der Waals surface area contributed by atoms with Gasteiger partial charge in [0.15, 0.2) is 0 Å². The molecule has 3 rings (SSSR count). The zero-order chi connectivity index (χ0) is 21.7. The van der Waals surface area contributed by atoms with E-state index in [-0.39, 0.29) is 22.9 Å². The molecule has 2 aliphatic heterocycles. The van der Waals surface area contributed by atoms with Crippen LogP contribution >= 0.6 is 0 Å². The molecule has 1 amide bonds. The molecule has 1 aromatic rings. The fourth-order valence-electron chi connectivity index (χ4n) is 3.96. The second-order valence-corrected chi connectivity index (χ2v) is 9.76. The Kier molecular flexibility index (Phi) is 7.86. The number of piperidine rings is 1. The van der Waals surface area contributed by atoms with Crippen molar-refractivity contribution in [2.24, 2.45) is 0 Å². The second kappa shape index (κ2) is 10.2. The van der Waals surface area contributed by atoms with E-state index in [1.54, 1.807) is 25.1 Å². The number of carbonyl (C=O) groups excluding carboxylic acids is 1. The van der Waals surface area contributed by atoms with Gasteiger partial charge in [-0.1, -0.05) is 6.07 Å². The normalized spacial score (nSPS) is 20.8. The molecule has 0 aromatic heterocycles. The Morgan fingerprint density at radius 2 is 1.90 bits per heavy atom. The summed E-state index contributed by atoms with van der Waals surface area (Å²) in [5.41, 5.74) is 1.15. The summed E-state index contributed by atoms with van der Waals surface area (Å²) in [6.07, 6.45) is 2.10. The van der Waals surface area contributed by atoms with Gasteiger partial charge >= 0.3 is 0 Å². The maximum absolute atomic E-state index is 13.0. The number of rotatable bonds is 7. The number of carbonyl (C=O) groups is 1. The van der Waals surface area contributed by atoms with Gasteiger partial charge in [0.1, 0.15) is 0 Å². The quantitative estimate of drug-likeness (QED) is 0.698. The lowest BCUT2D eigenvalue weighted by Gasteiger charge is -2.35. The number of likely N-dealkylation sites (tertiary alicyclic amines) is 1. The van der Waals surface area contributed by atoms with Crippen LogP contribution < -0.4 is 5.32 Å². The van der Waals surface area contributed by atoms with Crippen LogP contribution in [0.25, 0.3) is 0 Å². The topological polar surface area (TPSA) is 88.2 Å². The molecule has 30 heavy (non-hydrogen) atoms. The molecular weight excluding hydrogens is 406 g/mol. The van der Waals surface area contributed by atoms with Crippen molar-refractivity contribution >= 4 is 21.6 Å². The van der Waals surface area contributed by atoms with E-state index >= 15 is 0 Å². The van der Waals surface area contributed by atoms with Gasteiger partial charge in [-0.2, -0.15) is 4.31 Å². The van der Waals surface area contributed by atoms with Crippen LogP contribution in [0.5, 0.6) is 0 Å². The number of hydrogen-bond acceptors (Lipinski definition) is 6. The first kappa shape index (κ1) is 23.1. The van der Waals surface area contributed by atoms with Crippen LogP contribution in [0.15, 0.2) is 23.1 Å². The molecule has 0 saturated carbocycles. The predicted octanol–water partition coefficient (Wildman–Crippen LogP) is 1.84. The van der Waals surface area contributed by atoms with E-state index in [1.165, 1.54) is 4.31 Å². The van der Waals surface area contributed by atoms with Crippen molar-refractivity contribution in [3.05, 3.63) is 23.8 Å². The number of nitrogens with one attached hydrogen (secondary N) is 1. The Hall–Kier alpha value is -1.52.